The lowest BCUT2D eigenvalue weighted by Crippen LogP contribution is -2.22. The van der Waals surface area contributed by atoms with Crippen molar-refractivity contribution in [3.05, 3.63) is 94.8 Å². The molecule has 26 heavy (non-hydrogen) atoms. The monoisotopic (exact) mass is 341 g/mol. The third-order valence-electron chi connectivity index (χ3n) is 4.41. The molecule has 4 rings (SSSR count). The first-order chi connectivity index (χ1) is 12.8. The minimum absolute atomic E-state index is 0.0884. The molecule has 0 unspecified atom stereocenters. The van der Waals surface area contributed by atoms with Crippen LogP contribution < -0.4 is 10.9 Å². The molecule has 4 nitrogen and oxygen atoms in total. The van der Waals surface area contributed by atoms with E-state index in [0.29, 0.717) is 16.9 Å². The number of nitrogens with one attached hydrogen (secondary N) is 1. The van der Waals surface area contributed by atoms with Gasteiger partial charge in [-0.15, -0.1) is 0 Å². The third-order valence-corrected chi connectivity index (χ3v) is 4.41. The van der Waals surface area contributed by atoms with Gasteiger partial charge in [0.1, 0.15) is 0 Å². The van der Waals surface area contributed by atoms with Crippen molar-refractivity contribution in [1.82, 2.24) is 9.55 Å². The van der Waals surface area contributed by atoms with E-state index < -0.39 is 0 Å². The summed E-state index contributed by atoms with van der Waals surface area (Å²) in [7, 11) is 0. The van der Waals surface area contributed by atoms with Crippen molar-refractivity contribution in [3.8, 4) is 5.69 Å². The number of fused-ring (bicyclic) bond motifs is 1. The first-order valence-corrected chi connectivity index (χ1v) is 8.69. The molecule has 128 valence electrons. The Balaban J connectivity index is 1.90. The summed E-state index contributed by atoms with van der Waals surface area (Å²) in [4.78, 5) is 17.8. The van der Waals surface area contributed by atoms with Gasteiger partial charge in [-0.2, -0.15) is 0 Å². The van der Waals surface area contributed by atoms with Crippen molar-refractivity contribution < 1.29 is 0 Å². The van der Waals surface area contributed by atoms with E-state index in [4.69, 9.17) is 4.98 Å². The molecule has 0 bridgehead atoms. The number of para-hydroxylation sites is 2. The zero-order valence-electron chi connectivity index (χ0n) is 14.5. The molecule has 0 saturated carbocycles. The Hall–Kier alpha value is -3.40. The highest BCUT2D eigenvalue weighted by Gasteiger charge is 2.12. The highest BCUT2D eigenvalue weighted by molar-refractivity contribution is 5.79. The summed E-state index contributed by atoms with van der Waals surface area (Å²) in [5.41, 5.74) is 3.53. The van der Waals surface area contributed by atoms with Crippen LogP contribution in [-0.4, -0.2) is 9.55 Å². The molecule has 4 aromatic rings. The van der Waals surface area contributed by atoms with Gasteiger partial charge >= 0.3 is 0 Å². The largest absolute Gasteiger partial charge is 0.325 e. The number of rotatable bonds is 4. The third kappa shape index (κ3) is 2.97. The SMILES string of the molecule is CCc1ccc(Nc2nc3ccccc3c(=O)n2-c2ccccc2)cc1. The van der Waals surface area contributed by atoms with Crippen LogP contribution in [0.15, 0.2) is 83.7 Å². The zero-order valence-corrected chi connectivity index (χ0v) is 14.5. The molecule has 1 heterocycles. The van der Waals surface area contributed by atoms with Crippen LogP contribution in [-0.2, 0) is 6.42 Å². The van der Waals surface area contributed by atoms with E-state index in [1.165, 1.54) is 5.56 Å². The van der Waals surface area contributed by atoms with Gasteiger partial charge in [-0.05, 0) is 48.4 Å². The van der Waals surface area contributed by atoms with E-state index >= 15 is 0 Å². The average molecular weight is 341 g/mol. The van der Waals surface area contributed by atoms with Gasteiger partial charge in [0.25, 0.3) is 5.56 Å². The van der Waals surface area contributed by atoms with Gasteiger partial charge in [-0.1, -0.05) is 49.4 Å². The second-order valence-corrected chi connectivity index (χ2v) is 6.10. The molecule has 0 aliphatic rings. The van der Waals surface area contributed by atoms with Gasteiger partial charge < -0.3 is 5.32 Å². The number of aromatic nitrogens is 2. The Morgan fingerprint density at radius 1 is 0.885 bits per heavy atom. The van der Waals surface area contributed by atoms with E-state index in [1.54, 1.807) is 4.57 Å². The maximum atomic E-state index is 13.1. The molecule has 0 atom stereocenters. The molecule has 0 fully saturated rings. The van der Waals surface area contributed by atoms with Crippen LogP contribution in [0.25, 0.3) is 16.6 Å². The van der Waals surface area contributed by atoms with Crippen molar-refractivity contribution >= 4 is 22.5 Å². The molecule has 4 heteroatoms. The molecule has 0 saturated heterocycles. The maximum absolute atomic E-state index is 13.1. The number of nitrogens with zero attached hydrogens (tertiary/aromatic N) is 2. The van der Waals surface area contributed by atoms with Crippen LogP contribution in [0.3, 0.4) is 0 Å². The van der Waals surface area contributed by atoms with E-state index in [-0.39, 0.29) is 5.56 Å². The molecule has 0 aliphatic heterocycles. The van der Waals surface area contributed by atoms with E-state index in [0.717, 1.165) is 17.8 Å². The first-order valence-electron chi connectivity index (χ1n) is 8.69. The second-order valence-electron chi connectivity index (χ2n) is 6.10. The zero-order chi connectivity index (χ0) is 17.9. The Morgan fingerprint density at radius 2 is 1.58 bits per heavy atom. The number of anilines is 2. The van der Waals surface area contributed by atoms with Crippen LogP contribution >= 0.6 is 0 Å². The van der Waals surface area contributed by atoms with E-state index in [2.05, 4.69) is 24.4 Å². The summed E-state index contributed by atoms with van der Waals surface area (Å²) >= 11 is 0. The Kier molecular flexibility index (Phi) is 4.23. The van der Waals surface area contributed by atoms with Crippen molar-refractivity contribution in [2.24, 2.45) is 0 Å². The number of aryl methyl sites for hydroxylation is 1. The van der Waals surface area contributed by atoms with Crippen molar-refractivity contribution in [2.75, 3.05) is 5.32 Å². The highest BCUT2D eigenvalue weighted by Crippen LogP contribution is 2.20. The molecule has 0 spiro atoms. The molecule has 1 aromatic heterocycles. The summed E-state index contributed by atoms with van der Waals surface area (Å²) in [6, 6.07) is 25.2. The topological polar surface area (TPSA) is 46.9 Å². The fourth-order valence-corrected chi connectivity index (χ4v) is 2.99. The van der Waals surface area contributed by atoms with Crippen LogP contribution in [0.2, 0.25) is 0 Å². The van der Waals surface area contributed by atoms with Gasteiger partial charge in [0.15, 0.2) is 0 Å². The van der Waals surface area contributed by atoms with Crippen molar-refractivity contribution in [3.63, 3.8) is 0 Å². The quantitative estimate of drug-likeness (QED) is 0.586. The Bertz CT molecular complexity index is 1100. The fraction of sp³-hybridized carbons (Fsp3) is 0.0909. The van der Waals surface area contributed by atoms with Crippen molar-refractivity contribution in [2.45, 2.75) is 13.3 Å². The first kappa shape index (κ1) is 16.1. The van der Waals surface area contributed by atoms with E-state index in [1.807, 2.05) is 66.7 Å². The second kappa shape index (κ2) is 6.84. The highest BCUT2D eigenvalue weighted by atomic mass is 16.1. The Labute approximate surface area is 151 Å². The lowest BCUT2D eigenvalue weighted by Gasteiger charge is -2.15. The Morgan fingerprint density at radius 3 is 2.31 bits per heavy atom. The summed E-state index contributed by atoms with van der Waals surface area (Å²) in [5, 5.41) is 3.91. The van der Waals surface area contributed by atoms with E-state index in [9.17, 15) is 4.79 Å². The van der Waals surface area contributed by atoms with Gasteiger partial charge in [0.05, 0.1) is 16.6 Å². The molecular formula is C22H19N3O. The summed E-state index contributed by atoms with van der Waals surface area (Å²) < 4.78 is 1.62. The lowest BCUT2D eigenvalue weighted by atomic mass is 10.1. The fourth-order valence-electron chi connectivity index (χ4n) is 2.99. The molecule has 3 aromatic carbocycles. The minimum atomic E-state index is -0.0884. The molecular weight excluding hydrogens is 322 g/mol. The number of hydrogen-bond donors (Lipinski definition) is 1. The maximum Gasteiger partial charge on any atom is 0.267 e. The molecule has 1 N–H and O–H groups in total. The number of benzene rings is 3. The van der Waals surface area contributed by atoms with Crippen LogP contribution in [0, 0.1) is 0 Å². The van der Waals surface area contributed by atoms with Crippen molar-refractivity contribution in [1.29, 1.82) is 0 Å². The average Bonchev–Trinajstić information content (AvgIpc) is 2.69. The smallest absolute Gasteiger partial charge is 0.267 e. The summed E-state index contributed by atoms with van der Waals surface area (Å²) in [6.45, 7) is 2.13. The van der Waals surface area contributed by atoms with Crippen LogP contribution in [0.1, 0.15) is 12.5 Å². The minimum Gasteiger partial charge on any atom is -0.325 e. The van der Waals surface area contributed by atoms with Gasteiger partial charge in [0, 0.05) is 5.69 Å². The standard InChI is InChI=1S/C22H19N3O/c1-2-16-12-14-17(15-13-16)23-22-24-20-11-7-6-10-19(20)21(26)25(22)18-8-4-3-5-9-18/h3-15H,2H2,1H3,(H,23,24). The predicted octanol–water partition coefficient (Wildman–Crippen LogP) is 4.69. The van der Waals surface area contributed by atoms with Crippen LogP contribution in [0.4, 0.5) is 11.6 Å². The van der Waals surface area contributed by atoms with Gasteiger partial charge in [-0.25, -0.2) is 9.55 Å². The molecule has 0 amide bonds. The number of hydrogen-bond acceptors (Lipinski definition) is 3. The van der Waals surface area contributed by atoms with Gasteiger partial charge in [-0.3, -0.25) is 4.79 Å². The predicted molar refractivity (Wildman–Crippen MR) is 106 cm³/mol. The molecule has 0 aliphatic carbocycles. The van der Waals surface area contributed by atoms with Crippen LogP contribution in [0.5, 0.6) is 0 Å². The summed E-state index contributed by atoms with van der Waals surface area (Å²) in [5.74, 6) is 0.504. The lowest BCUT2D eigenvalue weighted by molar-refractivity contribution is 0.974. The summed E-state index contributed by atoms with van der Waals surface area (Å²) in [6.07, 6.45) is 0.989. The van der Waals surface area contributed by atoms with Gasteiger partial charge in [0.2, 0.25) is 5.95 Å². The normalized spacial score (nSPS) is 10.8. The molecule has 0 radical (unpaired) electrons.